The molecule has 0 saturated carbocycles. The fourth-order valence-corrected chi connectivity index (χ4v) is 2.06. The van der Waals surface area contributed by atoms with Crippen molar-refractivity contribution < 1.29 is 14.7 Å². The number of benzene rings is 1. The Morgan fingerprint density at radius 1 is 1.40 bits per heavy atom. The lowest BCUT2D eigenvalue weighted by atomic mass is 10.1. The molecule has 110 valence electrons. The van der Waals surface area contributed by atoms with Crippen LogP contribution in [0.3, 0.4) is 0 Å². The summed E-state index contributed by atoms with van der Waals surface area (Å²) in [6.07, 6.45) is 1.25. The number of halogens is 1. The normalized spacial score (nSPS) is 11.8. The number of aliphatic carboxylic acids is 1. The molecule has 0 fully saturated rings. The highest BCUT2D eigenvalue weighted by Gasteiger charge is 2.11. The molecule has 2 amide bonds. The van der Waals surface area contributed by atoms with E-state index in [0.29, 0.717) is 23.6 Å². The Kier molecular flexibility index (Phi) is 6.31. The summed E-state index contributed by atoms with van der Waals surface area (Å²) in [5.41, 5.74) is 1.47. The minimum Gasteiger partial charge on any atom is -0.481 e. The highest BCUT2D eigenvalue weighted by Crippen LogP contribution is 2.24. The molecule has 0 spiro atoms. The second kappa shape index (κ2) is 7.75. The molecule has 1 rings (SSSR count). The maximum Gasteiger partial charge on any atom is 0.319 e. The molecule has 1 atom stereocenters. The predicted molar refractivity (Wildman–Crippen MR) is 79.3 cm³/mol. The minimum absolute atomic E-state index is 0.0999. The van der Waals surface area contributed by atoms with Gasteiger partial charge in [0.25, 0.3) is 0 Å². The number of para-hydroxylation sites is 1. The van der Waals surface area contributed by atoms with E-state index in [1.54, 1.807) is 6.07 Å². The largest absolute Gasteiger partial charge is 0.481 e. The minimum atomic E-state index is -0.826. The van der Waals surface area contributed by atoms with Crippen molar-refractivity contribution in [2.45, 2.75) is 39.2 Å². The molecule has 3 N–H and O–H groups in total. The summed E-state index contributed by atoms with van der Waals surface area (Å²) in [4.78, 5) is 22.2. The van der Waals surface area contributed by atoms with E-state index in [1.807, 2.05) is 26.0 Å². The number of aryl methyl sites for hydroxylation is 1. The molecule has 0 aromatic heterocycles. The third-order valence-corrected chi connectivity index (χ3v) is 3.18. The standard InChI is InChI=1S/C14H19ClN2O3/c1-9-5-3-7-11(15)13(9)17-14(20)16-10(2)6-4-8-12(18)19/h3,5,7,10H,4,6,8H2,1-2H3,(H,18,19)(H2,16,17,20). The van der Waals surface area contributed by atoms with Crippen LogP contribution in [0.5, 0.6) is 0 Å². The molecule has 20 heavy (non-hydrogen) atoms. The Morgan fingerprint density at radius 3 is 2.70 bits per heavy atom. The quantitative estimate of drug-likeness (QED) is 0.753. The molecule has 1 aromatic rings. The average Bonchev–Trinajstić information content (AvgIpc) is 2.33. The van der Waals surface area contributed by atoms with Gasteiger partial charge in [-0.05, 0) is 38.3 Å². The molecular formula is C14H19ClN2O3. The van der Waals surface area contributed by atoms with E-state index < -0.39 is 5.97 Å². The van der Waals surface area contributed by atoms with Crippen molar-refractivity contribution in [1.29, 1.82) is 0 Å². The number of rotatable bonds is 6. The third-order valence-electron chi connectivity index (χ3n) is 2.87. The van der Waals surface area contributed by atoms with Gasteiger partial charge in [0.1, 0.15) is 0 Å². The molecular weight excluding hydrogens is 280 g/mol. The second-order valence-electron chi connectivity index (χ2n) is 4.72. The number of carbonyl (C=O) groups is 2. The number of carboxylic acids is 1. The van der Waals surface area contributed by atoms with Crippen LogP contribution in [-0.2, 0) is 4.79 Å². The predicted octanol–water partition coefficient (Wildman–Crippen LogP) is 3.41. The molecule has 0 bridgehead atoms. The van der Waals surface area contributed by atoms with Crippen LogP contribution in [0.2, 0.25) is 5.02 Å². The first-order valence-corrected chi connectivity index (χ1v) is 6.82. The summed E-state index contributed by atoms with van der Waals surface area (Å²) in [5, 5.41) is 14.5. The molecule has 0 aliphatic heterocycles. The van der Waals surface area contributed by atoms with Crippen LogP contribution in [-0.4, -0.2) is 23.1 Å². The van der Waals surface area contributed by atoms with Crippen molar-refractivity contribution >= 4 is 29.3 Å². The summed E-state index contributed by atoms with van der Waals surface area (Å²) in [6, 6.07) is 4.94. The molecule has 6 heteroatoms. The van der Waals surface area contributed by atoms with E-state index in [2.05, 4.69) is 10.6 Å². The lowest BCUT2D eigenvalue weighted by molar-refractivity contribution is -0.137. The van der Waals surface area contributed by atoms with Gasteiger partial charge in [-0.15, -0.1) is 0 Å². The fourth-order valence-electron chi connectivity index (χ4n) is 1.80. The van der Waals surface area contributed by atoms with Gasteiger partial charge >= 0.3 is 12.0 Å². The van der Waals surface area contributed by atoms with Crippen molar-refractivity contribution in [3.05, 3.63) is 28.8 Å². The lowest BCUT2D eigenvalue weighted by Gasteiger charge is -2.15. The van der Waals surface area contributed by atoms with Crippen molar-refractivity contribution in [3.63, 3.8) is 0 Å². The van der Waals surface area contributed by atoms with E-state index in [-0.39, 0.29) is 18.5 Å². The van der Waals surface area contributed by atoms with Crippen LogP contribution >= 0.6 is 11.6 Å². The van der Waals surface area contributed by atoms with Gasteiger partial charge < -0.3 is 15.7 Å². The SMILES string of the molecule is Cc1cccc(Cl)c1NC(=O)NC(C)CCCC(=O)O. The number of carboxylic acid groups (broad SMARTS) is 1. The highest BCUT2D eigenvalue weighted by atomic mass is 35.5. The third kappa shape index (κ3) is 5.48. The van der Waals surface area contributed by atoms with Gasteiger partial charge in [0.2, 0.25) is 0 Å². The van der Waals surface area contributed by atoms with Gasteiger partial charge in [-0.25, -0.2) is 4.79 Å². The lowest BCUT2D eigenvalue weighted by Crippen LogP contribution is -2.36. The molecule has 0 saturated heterocycles. The molecule has 1 aromatic carbocycles. The number of nitrogens with one attached hydrogen (secondary N) is 2. The van der Waals surface area contributed by atoms with Gasteiger partial charge in [0, 0.05) is 12.5 Å². The summed E-state index contributed by atoms with van der Waals surface area (Å²) in [7, 11) is 0. The van der Waals surface area contributed by atoms with Crippen LogP contribution in [0, 0.1) is 6.92 Å². The maximum atomic E-state index is 11.8. The Hall–Kier alpha value is -1.75. The van der Waals surface area contributed by atoms with Gasteiger partial charge in [-0.3, -0.25) is 4.79 Å². The summed E-state index contributed by atoms with van der Waals surface area (Å²) in [5.74, 6) is -0.826. The van der Waals surface area contributed by atoms with Gasteiger partial charge in [-0.1, -0.05) is 23.7 Å². The van der Waals surface area contributed by atoms with Crippen LogP contribution in [0.4, 0.5) is 10.5 Å². The van der Waals surface area contributed by atoms with Gasteiger partial charge in [0.15, 0.2) is 0 Å². The molecule has 0 radical (unpaired) electrons. The van der Waals surface area contributed by atoms with Gasteiger partial charge in [-0.2, -0.15) is 0 Å². The molecule has 1 unspecified atom stereocenters. The first-order valence-electron chi connectivity index (χ1n) is 6.44. The first kappa shape index (κ1) is 16.3. The second-order valence-corrected chi connectivity index (χ2v) is 5.12. The number of hydrogen-bond acceptors (Lipinski definition) is 2. The Bertz CT molecular complexity index is 471. The van der Waals surface area contributed by atoms with Crippen molar-refractivity contribution in [2.24, 2.45) is 0 Å². The Morgan fingerprint density at radius 2 is 2.10 bits per heavy atom. The smallest absolute Gasteiger partial charge is 0.319 e. The summed E-state index contributed by atoms with van der Waals surface area (Å²) >= 11 is 6.02. The van der Waals surface area contributed by atoms with E-state index in [4.69, 9.17) is 16.7 Å². The summed E-state index contributed by atoms with van der Waals surface area (Å²) in [6.45, 7) is 3.69. The topological polar surface area (TPSA) is 78.4 Å². The number of amides is 2. The van der Waals surface area contributed by atoms with Crippen LogP contribution in [0.15, 0.2) is 18.2 Å². The van der Waals surface area contributed by atoms with Crippen LogP contribution in [0.1, 0.15) is 31.7 Å². The van der Waals surface area contributed by atoms with Crippen LogP contribution in [0.25, 0.3) is 0 Å². The van der Waals surface area contributed by atoms with Crippen molar-refractivity contribution in [1.82, 2.24) is 5.32 Å². The summed E-state index contributed by atoms with van der Waals surface area (Å²) < 4.78 is 0. The highest BCUT2D eigenvalue weighted by molar-refractivity contribution is 6.33. The van der Waals surface area contributed by atoms with E-state index in [1.165, 1.54) is 0 Å². The number of anilines is 1. The van der Waals surface area contributed by atoms with E-state index in [9.17, 15) is 9.59 Å². The monoisotopic (exact) mass is 298 g/mol. The molecule has 5 nitrogen and oxygen atoms in total. The van der Waals surface area contributed by atoms with Gasteiger partial charge in [0.05, 0.1) is 10.7 Å². The zero-order valence-corrected chi connectivity index (χ0v) is 12.3. The van der Waals surface area contributed by atoms with E-state index >= 15 is 0 Å². The Labute approximate surface area is 123 Å². The molecule has 0 aliphatic rings. The Balaban J connectivity index is 2.45. The fraction of sp³-hybridized carbons (Fsp3) is 0.429. The zero-order valence-electron chi connectivity index (χ0n) is 11.6. The maximum absolute atomic E-state index is 11.8. The van der Waals surface area contributed by atoms with Crippen molar-refractivity contribution in [2.75, 3.05) is 5.32 Å². The average molecular weight is 299 g/mol. The molecule has 0 aliphatic carbocycles. The number of hydrogen-bond donors (Lipinski definition) is 3. The van der Waals surface area contributed by atoms with E-state index in [0.717, 1.165) is 5.56 Å². The molecule has 0 heterocycles. The zero-order chi connectivity index (χ0) is 15.1. The van der Waals surface area contributed by atoms with Crippen molar-refractivity contribution in [3.8, 4) is 0 Å². The number of carbonyl (C=O) groups excluding carboxylic acids is 1. The van der Waals surface area contributed by atoms with Crippen LogP contribution < -0.4 is 10.6 Å². The number of urea groups is 1. The first-order chi connectivity index (χ1) is 9.40.